The second-order valence-corrected chi connectivity index (χ2v) is 7.89. The summed E-state index contributed by atoms with van der Waals surface area (Å²) in [5.74, 6) is -0.486. The van der Waals surface area contributed by atoms with Crippen molar-refractivity contribution in [1.29, 1.82) is 0 Å². The van der Waals surface area contributed by atoms with E-state index in [-0.39, 0.29) is 17.9 Å². The second kappa shape index (κ2) is 7.96. The van der Waals surface area contributed by atoms with Gasteiger partial charge < -0.3 is 14.2 Å². The van der Waals surface area contributed by atoms with Gasteiger partial charge in [0.1, 0.15) is 6.54 Å². The van der Waals surface area contributed by atoms with Crippen molar-refractivity contribution in [3.63, 3.8) is 0 Å². The highest BCUT2D eigenvalue weighted by molar-refractivity contribution is 6.01. The van der Waals surface area contributed by atoms with E-state index in [0.717, 1.165) is 28.7 Å². The zero-order valence-corrected chi connectivity index (χ0v) is 17.7. The van der Waals surface area contributed by atoms with E-state index in [2.05, 4.69) is 0 Å². The lowest BCUT2D eigenvalue weighted by molar-refractivity contribution is -0.119. The molecule has 1 amide bonds. The summed E-state index contributed by atoms with van der Waals surface area (Å²) in [6.45, 7) is 0.662. The van der Waals surface area contributed by atoms with Crippen LogP contribution < -0.4 is 10.3 Å². The van der Waals surface area contributed by atoms with Gasteiger partial charge in [-0.2, -0.15) is 0 Å². The number of fused-ring (bicyclic) bond motifs is 3. The first-order chi connectivity index (χ1) is 15.6. The summed E-state index contributed by atoms with van der Waals surface area (Å²) >= 11 is 0. The summed E-state index contributed by atoms with van der Waals surface area (Å²) < 4.78 is 6.83. The summed E-state index contributed by atoms with van der Waals surface area (Å²) in [6, 6.07) is 20.1. The average molecular weight is 426 g/mol. The molecule has 6 heteroatoms. The van der Waals surface area contributed by atoms with Gasteiger partial charge in [0.2, 0.25) is 5.91 Å². The number of nitrogens with zero attached hydrogens (tertiary/aromatic N) is 2. The molecule has 3 aromatic carbocycles. The first-order valence-electron chi connectivity index (χ1n) is 10.6. The van der Waals surface area contributed by atoms with Gasteiger partial charge in [-0.25, -0.2) is 4.79 Å². The Kier molecular flexibility index (Phi) is 4.98. The van der Waals surface area contributed by atoms with E-state index in [1.54, 1.807) is 29.2 Å². The lowest BCUT2D eigenvalue weighted by Crippen LogP contribution is -2.38. The molecule has 0 atom stereocenters. The number of anilines is 1. The molecule has 2 heterocycles. The maximum Gasteiger partial charge on any atom is 0.338 e. The number of rotatable bonds is 3. The molecule has 1 aliphatic heterocycles. The summed E-state index contributed by atoms with van der Waals surface area (Å²) in [4.78, 5) is 40.5. The Morgan fingerprint density at radius 1 is 0.906 bits per heavy atom. The van der Waals surface area contributed by atoms with Crippen molar-refractivity contribution < 1.29 is 14.3 Å². The summed E-state index contributed by atoms with van der Waals surface area (Å²) in [5.41, 5.74) is 3.51. The molecule has 5 rings (SSSR count). The predicted molar refractivity (Wildman–Crippen MR) is 124 cm³/mol. The molecule has 0 saturated carbocycles. The van der Waals surface area contributed by atoms with Crippen molar-refractivity contribution in [3.8, 4) is 0 Å². The molecule has 0 aliphatic carbocycles. The van der Waals surface area contributed by atoms with Gasteiger partial charge in [-0.15, -0.1) is 0 Å². The smallest absolute Gasteiger partial charge is 0.338 e. The van der Waals surface area contributed by atoms with Crippen LogP contribution in [0.2, 0.25) is 0 Å². The van der Waals surface area contributed by atoms with E-state index in [1.165, 1.54) is 7.11 Å². The van der Waals surface area contributed by atoms with E-state index < -0.39 is 5.97 Å². The van der Waals surface area contributed by atoms with Gasteiger partial charge in [0, 0.05) is 23.0 Å². The lowest BCUT2D eigenvalue weighted by atomic mass is 9.96. The highest BCUT2D eigenvalue weighted by Crippen LogP contribution is 2.31. The number of benzene rings is 3. The van der Waals surface area contributed by atoms with Crippen LogP contribution in [0, 0.1) is 0 Å². The zero-order chi connectivity index (χ0) is 22.2. The first-order valence-corrected chi connectivity index (χ1v) is 10.6. The molecule has 6 nitrogen and oxygen atoms in total. The molecule has 160 valence electrons. The monoisotopic (exact) mass is 426 g/mol. The fourth-order valence-electron chi connectivity index (χ4n) is 4.65. The van der Waals surface area contributed by atoms with Gasteiger partial charge in [-0.3, -0.25) is 9.59 Å². The highest BCUT2D eigenvalue weighted by atomic mass is 16.5. The predicted octanol–water partition coefficient (Wildman–Crippen LogP) is 3.92. The average Bonchev–Trinajstić information content (AvgIpc) is 2.85. The Hall–Kier alpha value is -3.93. The minimum atomic E-state index is -0.395. The quantitative estimate of drug-likeness (QED) is 0.368. The standard InChI is InChI=1S/C26H22N2O4/c1-32-26(31)18-10-6-14-21-17(18)11-7-15-27(21)24(29)16-28-22-12-4-2-8-19(22)25(30)20-9-3-5-13-23(20)28/h2-6,8-10,12-14H,7,11,15-16H2,1H3. The molecule has 4 aromatic rings. The van der Waals surface area contributed by atoms with E-state index in [4.69, 9.17) is 4.74 Å². The molecule has 0 bridgehead atoms. The highest BCUT2D eigenvalue weighted by Gasteiger charge is 2.27. The number of carbonyl (C=O) groups is 2. The number of amides is 1. The number of ether oxygens (including phenoxy) is 1. The molecule has 0 fully saturated rings. The van der Waals surface area contributed by atoms with Crippen molar-refractivity contribution in [2.45, 2.75) is 19.4 Å². The van der Waals surface area contributed by atoms with Gasteiger partial charge in [0.15, 0.2) is 5.43 Å². The van der Waals surface area contributed by atoms with Crippen LogP contribution in [-0.4, -0.2) is 30.1 Å². The van der Waals surface area contributed by atoms with Crippen molar-refractivity contribution in [2.24, 2.45) is 0 Å². The van der Waals surface area contributed by atoms with E-state index in [1.807, 2.05) is 47.0 Å². The Labute approximate surface area is 184 Å². The van der Waals surface area contributed by atoms with E-state index in [9.17, 15) is 14.4 Å². The Morgan fingerprint density at radius 2 is 1.56 bits per heavy atom. The van der Waals surface area contributed by atoms with Crippen molar-refractivity contribution in [3.05, 3.63) is 88.1 Å². The summed E-state index contributed by atoms with van der Waals surface area (Å²) in [5, 5.41) is 1.18. The summed E-state index contributed by atoms with van der Waals surface area (Å²) in [6.07, 6.45) is 1.48. The van der Waals surface area contributed by atoms with Crippen LogP contribution >= 0.6 is 0 Å². The van der Waals surface area contributed by atoms with Crippen molar-refractivity contribution in [2.75, 3.05) is 18.6 Å². The summed E-state index contributed by atoms with van der Waals surface area (Å²) in [7, 11) is 1.36. The molecule has 0 spiro atoms. The zero-order valence-electron chi connectivity index (χ0n) is 17.7. The lowest BCUT2D eigenvalue weighted by Gasteiger charge is -2.31. The molecule has 0 radical (unpaired) electrons. The van der Waals surface area contributed by atoms with E-state index in [0.29, 0.717) is 29.3 Å². The molecule has 0 saturated heterocycles. The van der Waals surface area contributed by atoms with Crippen LogP contribution in [-0.2, 0) is 22.5 Å². The number of pyridine rings is 1. The van der Waals surface area contributed by atoms with Gasteiger partial charge in [0.05, 0.1) is 23.7 Å². The Bertz CT molecular complexity index is 1380. The normalized spacial score (nSPS) is 13.2. The number of carbonyl (C=O) groups excluding carboxylic acids is 2. The minimum absolute atomic E-state index is 0.0362. The Morgan fingerprint density at radius 3 is 2.22 bits per heavy atom. The number of hydrogen-bond donors (Lipinski definition) is 0. The molecule has 32 heavy (non-hydrogen) atoms. The molecule has 0 N–H and O–H groups in total. The maximum absolute atomic E-state index is 13.6. The van der Waals surface area contributed by atoms with Gasteiger partial charge in [0.25, 0.3) is 0 Å². The van der Waals surface area contributed by atoms with Gasteiger partial charge >= 0.3 is 5.97 Å². The largest absolute Gasteiger partial charge is 0.465 e. The fourth-order valence-corrected chi connectivity index (χ4v) is 4.65. The first kappa shape index (κ1) is 20.0. The number of hydrogen-bond acceptors (Lipinski definition) is 4. The van der Waals surface area contributed by atoms with Crippen LogP contribution in [0.5, 0.6) is 0 Å². The van der Waals surface area contributed by atoms with E-state index >= 15 is 0 Å². The third-order valence-electron chi connectivity index (χ3n) is 6.13. The molecule has 1 aliphatic rings. The van der Waals surface area contributed by atoms with Crippen molar-refractivity contribution >= 4 is 39.4 Å². The Balaban J connectivity index is 1.61. The van der Waals surface area contributed by atoms with Crippen LogP contribution in [0.1, 0.15) is 22.3 Å². The second-order valence-electron chi connectivity index (χ2n) is 7.89. The third-order valence-corrected chi connectivity index (χ3v) is 6.13. The maximum atomic E-state index is 13.6. The van der Waals surface area contributed by atoms with Crippen LogP contribution in [0.4, 0.5) is 5.69 Å². The number of aromatic nitrogens is 1. The number of methoxy groups -OCH3 is 1. The fraction of sp³-hybridized carbons (Fsp3) is 0.192. The molecule has 1 aromatic heterocycles. The van der Waals surface area contributed by atoms with Gasteiger partial charge in [-0.1, -0.05) is 30.3 Å². The molecular weight excluding hydrogens is 404 g/mol. The number of para-hydroxylation sites is 2. The SMILES string of the molecule is COC(=O)c1cccc2c1CCCN2C(=O)Cn1c2ccccc2c(=O)c2ccccc21. The van der Waals surface area contributed by atoms with Crippen LogP contribution in [0.25, 0.3) is 21.8 Å². The topological polar surface area (TPSA) is 68.6 Å². The van der Waals surface area contributed by atoms with Gasteiger partial charge in [-0.05, 0) is 54.8 Å². The molecular formula is C26H22N2O4. The minimum Gasteiger partial charge on any atom is -0.465 e. The van der Waals surface area contributed by atoms with Crippen LogP contribution in [0.3, 0.4) is 0 Å². The third kappa shape index (κ3) is 3.15. The van der Waals surface area contributed by atoms with Crippen molar-refractivity contribution in [1.82, 2.24) is 4.57 Å². The van der Waals surface area contributed by atoms with Crippen LogP contribution in [0.15, 0.2) is 71.5 Å². The number of esters is 1. The molecule has 0 unspecified atom stereocenters.